The summed E-state index contributed by atoms with van der Waals surface area (Å²) in [5.41, 5.74) is 25.5. The lowest BCUT2D eigenvalue weighted by Crippen LogP contribution is -2.27. The van der Waals surface area contributed by atoms with E-state index in [0.717, 1.165) is 56.1 Å². The average Bonchev–Trinajstić information content (AvgIpc) is 4.19. The third-order valence-electron chi connectivity index (χ3n) is 16.6. The van der Waals surface area contributed by atoms with Crippen LogP contribution in [0.25, 0.3) is 44.2 Å². The highest BCUT2D eigenvalue weighted by atomic mass is 16.3. The van der Waals surface area contributed by atoms with Crippen LogP contribution in [0.5, 0.6) is 0 Å². The van der Waals surface area contributed by atoms with E-state index >= 15 is 0 Å². The first kappa shape index (κ1) is 49.3. The van der Waals surface area contributed by atoms with Gasteiger partial charge in [-0.2, -0.15) is 0 Å². The zero-order valence-corrected chi connectivity index (χ0v) is 47.1. The third-order valence-corrected chi connectivity index (χ3v) is 16.6. The Balaban J connectivity index is 1.20. The molecule has 2 aliphatic carbocycles. The fraction of sp³-hybridized carbons (Fsp3) is 0.260. The van der Waals surface area contributed by atoms with E-state index in [-0.39, 0.29) is 21.7 Å². The minimum Gasteiger partial charge on any atom is -0.454 e. The van der Waals surface area contributed by atoms with Gasteiger partial charge in [0.15, 0.2) is 5.58 Å². The molecule has 1 spiro atoms. The van der Waals surface area contributed by atoms with Crippen molar-refractivity contribution in [1.82, 2.24) is 0 Å². The Labute approximate surface area is 451 Å². The molecule has 2 aliphatic rings. The van der Waals surface area contributed by atoms with Crippen molar-refractivity contribution in [3.63, 3.8) is 0 Å². The molecule has 3 nitrogen and oxygen atoms in total. The van der Waals surface area contributed by atoms with Crippen molar-refractivity contribution in [2.75, 3.05) is 9.80 Å². The van der Waals surface area contributed by atoms with Crippen molar-refractivity contribution in [2.24, 2.45) is 0 Å². The van der Waals surface area contributed by atoms with Crippen molar-refractivity contribution in [1.29, 1.82) is 0 Å². The van der Waals surface area contributed by atoms with Crippen molar-refractivity contribution in [3.05, 3.63) is 238 Å². The number of benzene rings is 9. The van der Waals surface area contributed by atoms with Gasteiger partial charge in [-0.25, -0.2) is 0 Å². The number of hydrogen-bond acceptors (Lipinski definition) is 3. The van der Waals surface area contributed by atoms with Gasteiger partial charge in [0.1, 0.15) is 5.58 Å². The summed E-state index contributed by atoms with van der Waals surface area (Å²) in [7, 11) is 0. The van der Waals surface area contributed by atoms with Crippen LogP contribution in [0.2, 0.25) is 0 Å². The number of fused-ring (bicyclic) bond motifs is 14. The quantitative estimate of drug-likeness (QED) is 0.166. The van der Waals surface area contributed by atoms with Crippen LogP contribution in [0.1, 0.15) is 139 Å². The van der Waals surface area contributed by atoms with Crippen molar-refractivity contribution >= 4 is 56.1 Å². The summed E-state index contributed by atoms with van der Waals surface area (Å²) < 4.78 is 7.33. The molecule has 0 radical (unpaired) electrons. The van der Waals surface area contributed by atoms with Crippen LogP contribution in [-0.2, 0) is 27.1 Å². The highest BCUT2D eigenvalue weighted by Gasteiger charge is 2.53. The number of anilines is 6. The number of furan rings is 1. The van der Waals surface area contributed by atoms with Crippen LogP contribution >= 0.6 is 0 Å². The third kappa shape index (κ3) is 7.83. The summed E-state index contributed by atoms with van der Waals surface area (Å²) >= 11 is 0. The van der Waals surface area contributed by atoms with E-state index in [0.29, 0.717) is 0 Å². The standard InChI is InChI=1S/C73H72N2O/c1-45-19-38-56-57-39-20-46(2)42-61(57)73(60(56)41-45)62-43-55(74(51-29-21-47(22-30-51)69(3,4)5)52-31-23-48(24-32-52)70(6,7)8)37-40-58(62)66-63(73)44-64(68-67(66)59-17-15-16-18-65(59)76-68)75(53-33-25-49(26-34-53)71(9,10)11)54-35-27-50(28-36-54)72(12,13)14/h15-44H,1-14H3. The molecule has 12 rings (SSSR count). The fourth-order valence-corrected chi connectivity index (χ4v) is 12.4. The molecule has 0 atom stereocenters. The molecule has 76 heavy (non-hydrogen) atoms. The summed E-state index contributed by atoms with van der Waals surface area (Å²) in [4.78, 5) is 4.93. The topological polar surface area (TPSA) is 19.6 Å². The van der Waals surface area contributed by atoms with Gasteiger partial charge in [0.05, 0.1) is 11.1 Å². The zero-order chi connectivity index (χ0) is 53.4. The Kier molecular flexibility index (Phi) is 11.2. The number of hydrogen-bond donors (Lipinski definition) is 0. The SMILES string of the molecule is Cc1ccc2c(c1)C1(c3cc(C)ccc3-2)c2cc(N(c3ccc(C(C)(C)C)cc3)c3ccc(C(C)(C)C)cc3)ccc2-c2c1cc(N(c1ccc(C(C)(C)C)cc1)c1ccc(C(C)(C)C)cc1)c1oc3ccccc3c21. The van der Waals surface area contributed by atoms with Crippen LogP contribution < -0.4 is 9.80 Å². The Morgan fingerprint density at radius 1 is 0.355 bits per heavy atom. The smallest absolute Gasteiger partial charge is 0.160 e. The highest BCUT2D eigenvalue weighted by Crippen LogP contribution is 2.66. The maximum atomic E-state index is 7.33. The van der Waals surface area contributed by atoms with E-state index in [1.165, 1.54) is 77.9 Å². The second-order valence-corrected chi connectivity index (χ2v) is 26.1. The van der Waals surface area contributed by atoms with Gasteiger partial charge < -0.3 is 14.2 Å². The molecule has 0 bridgehead atoms. The molecule has 0 aliphatic heterocycles. The van der Waals surface area contributed by atoms with Gasteiger partial charge in [0.2, 0.25) is 0 Å². The molecule has 0 saturated carbocycles. The number of aryl methyl sites for hydroxylation is 2. The largest absolute Gasteiger partial charge is 0.454 e. The van der Waals surface area contributed by atoms with Crippen molar-refractivity contribution in [3.8, 4) is 22.3 Å². The van der Waals surface area contributed by atoms with Gasteiger partial charge in [0.25, 0.3) is 0 Å². The molecule has 0 unspecified atom stereocenters. The zero-order valence-electron chi connectivity index (χ0n) is 47.1. The Morgan fingerprint density at radius 3 is 1.17 bits per heavy atom. The van der Waals surface area contributed by atoms with E-state index < -0.39 is 5.41 Å². The number of nitrogens with zero attached hydrogens (tertiary/aromatic N) is 2. The van der Waals surface area contributed by atoms with Crippen LogP contribution in [-0.4, -0.2) is 0 Å². The second-order valence-electron chi connectivity index (χ2n) is 26.1. The lowest BCUT2D eigenvalue weighted by Gasteiger charge is -2.34. The molecule has 1 heterocycles. The molecule has 10 aromatic rings. The van der Waals surface area contributed by atoms with E-state index in [9.17, 15) is 0 Å². The molecule has 0 N–H and O–H groups in total. The lowest BCUT2D eigenvalue weighted by atomic mass is 9.69. The molecule has 1 aromatic heterocycles. The Hall–Kier alpha value is -7.62. The predicted octanol–water partition coefficient (Wildman–Crippen LogP) is 20.7. The predicted molar refractivity (Wildman–Crippen MR) is 324 cm³/mol. The fourth-order valence-electron chi connectivity index (χ4n) is 12.4. The minimum atomic E-state index is -0.694. The summed E-state index contributed by atoms with van der Waals surface area (Å²) in [6, 6.07) is 69.8. The Bertz CT molecular complexity index is 3730. The maximum Gasteiger partial charge on any atom is 0.160 e. The number of rotatable bonds is 6. The van der Waals surface area contributed by atoms with Crippen LogP contribution in [0.15, 0.2) is 186 Å². The monoisotopic (exact) mass is 993 g/mol. The van der Waals surface area contributed by atoms with Gasteiger partial charge in [0, 0.05) is 39.2 Å². The van der Waals surface area contributed by atoms with E-state index in [2.05, 4.69) is 289 Å². The molecule has 0 fully saturated rings. The van der Waals surface area contributed by atoms with Gasteiger partial charge in [-0.3, -0.25) is 0 Å². The average molecular weight is 993 g/mol. The highest BCUT2D eigenvalue weighted by molar-refractivity contribution is 6.20. The molecule has 9 aromatic carbocycles. The first-order valence-corrected chi connectivity index (χ1v) is 27.4. The molecule has 0 amide bonds. The van der Waals surface area contributed by atoms with Crippen LogP contribution in [0, 0.1) is 13.8 Å². The van der Waals surface area contributed by atoms with E-state index in [1.54, 1.807) is 0 Å². The van der Waals surface area contributed by atoms with Gasteiger partial charge >= 0.3 is 0 Å². The molecule has 0 saturated heterocycles. The van der Waals surface area contributed by atoms with Gasteiger partial charge in [-0.15, -0.1) is 0 Å². The van der Waals surface area contributed by atoms with Crippen LogP contribution in [0.3, 0.4) is 0 Å². The van der Waals surface area contributed by atoms with Crippen LogP contribution in [0.4, 0.5) is 34.1 Å². The van der Waals surface area contributed by atoms with E-state index in [1.807, 2.05) is 0 Å². The minimum absolute atomic E-state index is 0.00481. The molecule has 380 valence electrons. The van der Waals surface area contributed by atoms with Gasteiger partial charge in [-0.1, -0.05) is 203 Å². The Morgan fingerprint density at radius 2 is 0.737 bits per heavy atom. The normalized spacial score (nSPS) is 13.8. The summed E-state index contributed by atoms with van der Waals surface area (Å²) in [5, 5.41) is 2.25. The van der Waals surface area contributed by atoms with E-state index in [4.69, 9.17) is 4.42 Å². The summed E-state index contributed by atoms with van der Waals surface area (Å²) in [5.74, 6) is 0. The lowest BCUT2D eigenvalue weighted by molar-refractivity contribution is 0.590. The molecular weight excluding hydrogens is 921 g/mol. The molecular formula is C73H72N2O. The first-order valence-electron chi connectivity index (χ1n) is 27.4. The van der Waals surface area contributed by atoms with Crippen molar-refractivity contribution in [2.45, 2.75) is 124 Å². The number of para-hydroxylation sites is 1. The van der Waals surface area contributed by atoms with Crippen molar-refractivity contribution < 1.29 is 4.42 Å². The van der Waals surface area contributed by atoms with Gasteiger partial charge in [-0.05, 0) is 175 Å². The summed E-state index contributed by atoms with van der Waals surface area (Å²) in [6.45, 7) is 32.0. The summed E-state index contributed by atoms with van der Waals surface area (Å²) in [6.07, 6.45) is 0. The second kappa shape index (κ2) is 17.2. The first-order chi connectivity index (χ1) is 36.0. The maximum absolute atomic E-state index is 7.33. The molecule has 3 heteroatoms.